The summed E-state index contributed by atoms with van der Waals surface area (Å²) < 4.78 is 7.37. The minimum atomic E-state index is 0.886. The van der Waals surface area contributed by atoms with Gasteiger partial charge >= 0.3 is 0 Å². The highest BCUT2D eigenvalue weighted by Gasteiger charge is 2.08. The van der Waals surface area contributed by atoms with Crippen LogP contribution in [0.5, 0.6) is 0 Å². The SMILES string of the molecule is c1cn(-c2ccc(CNCCCN3CCOCC3)cc2)cn1. The van der Waals surface area contributed by atoms with Crippen molar-refractivity contribution in [3.05, 3.63) is 48.5 Å². The third kappa shape index (κ3) is 4.40. The Labute approximate surface area is 131 Å². The molecule has 0 atom stereocenters. The number of nitrogens with one attached hydrogen (secondary N) is 1. The molecule has 0 unspecified atom stereocenters. The molecule has 0 radical (unpaired) electrons. The molecule has 2 aromatic rings. The van der Waals surface area contributed by atoms with Gasteiger partial charge in [-0.25, -0.2) is 4.98 Å². The van der Waals surface area contributed by atoms with E-state index >= 15 is 0 Å². The normalized spacial score (nSPS) is 16.0. The van der Waals surface area contributed by atoms with Crippen LogP contribution in [-0.2, 0) is 11.3 Å². The summed E-state index contributed by atoms with van der Waals surface area (Å²) in [6.07, 6.45) is 6.76. The lowest BCUT2D eigenvalue weighted by atomic mass is 10.2. The maximum Gasteiger partial charge on any atom is 0.0991 e. The number of ether oxygens (including phenoxy) is 1. The van der Waals surface area contributed by atoms with Crippen molar-refractivity contribution in [2.75, 3.05) is 39.4 Å². The number of hydrogen-bond acceptors (Lipinski definition) is 4. The number of benzene rings is 1. The molecule has 3 rings (SSSR count). The van der Waals surface area contributed by atoms with Gasteiger partial charge in [-0.15, -0.1) is 0 Å². The molecule has 0 bridgehead atoms. The van der Waals surface area contributed by atoms with Gasteiger partial charge in [0, 0.05) is 37.7 Å². The Morgan fingerprint density at radius 3 is 2.68 bits per heavy atom. The maximum atomic E-state index is 5.36. The van der Waals surface area contributed by atoms with E-state index in [1.807, 2.05) is 17.1 Å². The quantitative estimate of drug-likeness (QED) is 0.790. The van der Waals surface area contributed by atoms with Gasteiger partial charge in [-0.05, 0) is 37.2 Å². The van der Waals surface area contributed by atoms with Crippen LogP contribution in [0, 0.1) is 0 Å². The maximum absolute atomic E-state index is 5.36. The van der Waals surface area contributed by atoms with Crippen molar-refractivity contribution in [2.24, 2.45) is 0 Å². The van der Waals surface area contributed by atoms with Crippen molar-refractivity contribution < 1.29 is 4.74 Å². The van der Waals surface area contributed by atoms with Crippen LogP contribution in [0.15, 0.2) is 43.0 Å². The summed E-state index contributed by atoms with van der Waals surface area (Å²) in [7, 11) is 0. The fourth-order valence-electron chi connectivity index (χ4n) is 2.68. The van der Waals surface area contributed by atoms with Gasteiger partial charge in [0.2, 0.25) is 0 Å². The molecule has 1 aliphatic heterocycles. The van der Waals surface area contributed by atoms with Gasteiger partial charge < -0.3 is 14.6 Å². The molecule has 0 aliphatic carbocycles. The van der Waals surface area contributed by atoms with Gasteiger partial charge in [-0.3, -0.25) is 4.90 Å². The van der Waals surface area contributed by atoms with Crippen LogP contribution in [0.3, 0.4) is 0 Å². The molecule has 1 aromatic heterocycles. The molecule has 22 heavy (non-hydrogen) atoms. The minimum Gasteiger partial charge on any atom is -0.379 e. The second kappa shape index (κ2) is 8.08. The molecular formula is C17H24N4O. The van der Waals surface area contributed by atoms with Crippen molar-refractivity contribution >= 4 is 0 Å². The highest BCUT2D eigenvalue weighted by atomic mass is 16.5. The van der Waals surface area contributed by atoms with Gasteiger partial charge in [0.15, 0.2) is 0 Å². The van der Waals surface area contributed by atoms with Gasteiger partial charge in [0.1, 0.15) is 0 Å². The Balaban J connectivity index is 1.35. The monoisotopic (exact) mass is 300 g/mol. The Kier molecular flexibility index (Phi) is 5.59. The largest absolute Gasteiger partial charge is 0.379 e. The van der Waals surface area contributed by atoms with E-state index < -0.39 is 0 Å². The van der Waals surface area contributed by atoms with Crippen LogP contribution >= 0.6 is 0 Å². The van der Waals surface area contributed by atoms with E-state index in [9.17, 15) is 0 Å². The summed E-state index contributed by atoms with van der Waals surface area (Å²) in [6.45, 7) is 7.07. The Morgan fingerprint density at radius 1 is 1.14 bits per heavy atom. The van der Waals surface area contributed by atoms with Gasteiger partial charge in [0.05, 0.1) is 19.5 Å². The van der Waals surface area contributed by atoms with Gasteiger partial charge in [0.25, 0.3) is 0 Å². The van der Waals surface area contributed by atoms with E-state index in [0.717, 1.165) is 51.6 Å². The van der Waals surface area contributed by atoms with E-state index in [2.05, 4.69) is 39.5 Å². The number of hydrogen-bond donors (Lipinski definition) is 1. The molecule has 1 aromatic carbocycles. The fraction of sp³-hybridized carbons (Fsp3) is 0.471. The topological polar surface area (TPSA) is 42.3 Å². The number of rotatable bonds is 7. The average molecular weight is 300 g/mol. The zero-order valence-corrected chi connectivity index (χ0v) is 12.9. The third-order valence-electron chi connectivity index (χ3n) is 4.00. The first-order valence-corrected chi connectivity index (χ1v) is 8.00. The summed E-state index contributed by atoms with van der Waals surface area (Å²) in [5.41, 5.74) is 2.46. The van der Waals surface area contributed by atoms with E-state index in [0.29, 0.717) is 0 Å². The molecule has 118 valence electrons. The molecule has 5 nitrogen and oxygen atoms in total. The van der Waals surface area contributed by atoms with Crippen molar-refractivity contribution in [3.63, 3.8) is 0 Å². The van der Waals surface area contributed by atoms with Crippen LogP contribution in [0.2, 0.25) is 0 Å². The second-order valence-corrected chi connectivity index (χ2v) is 5.62. The number of aromatic nitrogens is 2. The lowest BCUT2D eigenvalue weighted by Crippen LogP contribution is -2.37. The molecule has 1 aliphatic rings. The second-order valence-electron chi connectivity index (χ2n) is 5.62. The van der Waals surface area contributed by atoms with Gasteiger partial charge in [-0.1, -0.05) is 12.1 Å². The fourth-order valence-corrected chi connectivity index (χ4v) is 2.68. The molecule has 1 fully saturated rings. The predicted molar refractivity (Wildman–Crippen MR) is 87.1 cm³/mol. The van der Waals surface area contributed by atoms with E-state index in [1.165, 1.54) is 12.0 Å². The zero-order valence-electron chi connectivity index (χ0n) is 12.9. The van der Waals surface area contributed by atoms with E-state index in [-0.39, 0.29) is 0 Å². The molecule has 1 N–H and O–H groups in total. The van der Waals surface area contributed by atoms with E-state index in [1.54, 1.807) is 6.20 Å². The van der Waals surface area contributed by atoms with Crippen LogP contribution in [0.4, 0.5) is 0 Å². The van der Waals surface area contributed by atoms with E-state index in [4.69, 9.17) is 4.74 Å². The van der Waals surface area contributed by atoms with Crippen LogP contribution in [-0.4, -0.2) is 53.8 Å². The smallest absolute Gasteiger partial charge is 0.0991 e. The summed E-state index contributed by atoms with van der Waals surface area (Å²) in [5.74, 6) is 0. The molecule has 2 heterocycles. The predicted octanol–water partition coefficient (Wildman–Crippen LogP) is 1.68. The van der Waals surface area contributed by atoms with Crippen molar-refractivity contribution in [1.29, 1.82) is 0 Å². The van der Waals surface area contributed by atoms with Crippen LogP contribution in [0.25, 0.3) is 5.69 Å². The third-order valence-corrected chi connectivity index (χ3v) is 4.00. The Bertz CT molecular complexity index is 532. The summed E-state index contributed by atoms with van der Waals surface area (Å²) >= 11 is 0. The number of nitrogens with zero attached hydrogens (tertiary/aromatic N) is 3. The summed E-state index contributed by atoms with van der Waals surface area (Å²) in [5, 5.41) is 3.52. The molecule has 1 saturated heterocycles. The van der Waals surface area contributed by atoms with Crippen molar-refractivity contribution in [1.82, 2.24) is 19.8 Å². The molecule has 0 amide bonds. The lowest BCUT2D eigenvalue weighted by Gasteiger charge is -2.26. The summed E-state index contributed by atoms with van der Waals surface area (Å²) in [4.78, 5) is 6.55. The van der Waals surface area contributed by atoms with Gasteiger partial charge in [-0.2, -0.15) is 0 Å². The first-order valence-electron chi connectivity index (χ1n) is 8.00. The van der Waals surface area contributed by atoms with Crippen LogP contribution in [0.1, 0.15) is 12.0 Å². The Hall–Kier alpha value is -1.69. The standard InChI is InChI=1S/C17H24N4O/c1(8-20-10-12-22-13-11-20)6-18-14-16-2-4-17(5-3-16)21-9-7-19-15-21/h2-5,7,9,15,18H,1,6,8,10-14H2. The zero-order chi connectivity index (χ0) is 15.0. The average Bonchev–Trinajstić information content (AvgIpc) is 3.11. The highest BCUT2D eigenvalue weighted by molar-refractivity contribution is 5.34. The molecular weight excluding hydrogens is 276 g/mol. The lowest BCUT2D eigenvalue weighted by molar-refractivity contribution is 0.0374. The molecule has 5 heteroatoms. The first kappa shape index (κ1) is 15.2. The molecule has 0 saturated carbocycles. The first-order chi connectivity index (χ1) is 10.9. The molecule has 0 spiro atoms. The number of imidazole rings is 1. The summed E-state index contributed by atoms with van der Waals surface area (Å²) in [6, 6.07) is 8.60. The number of morpholine rings is 1. The van der Waals surface area contributed by atoms with Crippen LogP contribution < -0.4 is 5.32 Å². The van der Waals surface area contributed by atoms with Crippen molar-refractivity contribution in [2.45, 2.75) is 13.0 Å². The minimum absolute atomic E-state index is 0.886. The highest BCUT2D eigenvalue weighted by Crippen LogP contribution is 2.09. The Morgan fingerprint density at radius 2 is 1.95 bits per heavy atom. The van der Waals surface area contributed by atoms with Crippen molar-refractivity contribution in [3.8, 4) is 5.69 Å².